The van der Waals surface area contributed by atoms with Gasteiger partial charge in [0, 0.05) is 25.2 Å². The number of nitrogens with one attached hydrogen (secondary N) is 1. The zero-order chi connectivity index (χ0) is 18.8. The molecule has 1 saturated heterocycles. The normalized spacial score (nSPS) is 15.5. The number of halogens is 1. The van der Waals surface area contributed by atoms with E-state index in [0.717, 1.165) is 43.1 Å². The molecule has 10 heteroatoms. The smallest absolute Gasteiger partial charge is 0.347 e. The van der Waals surface area contributed by atoms with E-state index in [0.29, 0.717) is 28.0 Å². The minimum Gasteiger partial charge on any atom is -0.477 e. The molecule has 3 rings (SSSR count). The highest BCUT2D eigenvalue weighted by molar-refractivity contribution is 7.17. The maximum Gasteiger partial charge on any atom is 0.347 e. The van der Waals surface area contributed by atoms with Crippen LogP contribution in [0.15, 0.2) is 6.07 Å². The van der Waals surface area contributed by atoms with Crippen LogP contribution in [0.4, 0.5) is 16.9 Å². The van der Waals surface area contributed by atoms with Crippen LogP contribution in [0.1, 0.15) is 28.2 Å². The molecule has 2 aromatic heterocycles. The standard InChI is InChI=1S/C16H21ClN6O2S/c1-9-13(14(24)25)26-16(18-9)21-15-19-11(17)8-12(20-15)23-6-4-10(5-7-23)22(2)3/h8,10H,4-7H2,1-3H3,(H,24,25)(H,18,19,20,21). The quantitative estimate of drug-likeness (QED) is 0.745. The summed E-state index contributed by atoms with van der Waals surface area (Å²) >= 11 is 7.21. The SMILES string of the molecule is Cc1nc(Nc2nc(Cl)cc(N3CCC(N(C)C)CC3)n2)sc1C(=O)O. The summed E-state index contributed by atoms with van der Waals surface area (Å²) in [5, 5.41) is 12.9. The number of aryl methyl sites for hydroxylation is 1. The molecular formula is C16H21ClN6O2S. The van der Waals surface area contributed by atoms with Gasteiger partial charge >= 0.3 is 5.97 Å². The fourth-order valence-electron chi connectivity index (χ4n) is 2.98. The van der Waals surface area contributed by atoms with Crippen molar-refractivity contribution in [3.8, 4) is 0 Å². The van der Waals surface area contributed by atoms with Gasteiger partial charge in [0.1, 0.15) is 15.8 Å². The largest absolute Gasteiger partial charge is 0.477 e. The highest BCUT2D eigenvalue weighted by atomic mass is 35.5. The maximum absolute atomic E-state index is 11.2. The summed E-state index contributed by atoms with van der Waals surface area (Å²) in [7, 11) is 4.20. The number of aromatic carboxylic acids is 1. The fraction of sp³-hybridized carbons (Fsp3) is 0.500. The summed E-state index contributed by atoms with van der Waals surface area (Å²) in [6.07, 6.45) is 2.12. The first-order valence-electron chi connectivity index (χ1n) is 8.27. The van der Waals surface area contributed by atoms with Gasteiger partial charge in [-0.2, -0.15) is 4.98 Å². The summed E-state index contributed by atoms with van der Waals surface area (Å²) < 4.78 is 0. The fourth-order valence-corrected chi connectivity index (χ4v) is 3.96. The first kappa shape index (κ1) is 18.8. The highest BCUT2D eigenvalue weighted by Crippen LogP contribution is 2.27. The van der Waals surface area contributed by atoms with Crippen molar-refractivity contribution in [2.45, 2.75) is 25.8 Å². The molecule has 0 spiro atoms. The van der Waals surface area contributed by atoms with Crippen molar-refractivity contribution < 1.29 is 9.90 Å². The monoisotopic (exact) mass is 396 g/mol. The van der Waals surface area contributed by atoms with Crippen molar-refractivity contribution in [1.82, 2.24) is 19.9 Å². The Morgan fingerprint density at radius 3 is 2.62 bits per heavy atom. The molecule has 0 atom stereocenters. The van der Waals surface area contributed by atoms with Crippen LogP contribution in [0.2, 0.25) is 5.15 Å². The Morgan fingerprint density at radius 1 is 1.35 bits per heavy atom. The zero-order valence-corrected chi connectivity index (χ0v) is 16.4. The van der Waals surface area contributed by atoms with Gasteiger partial charge < -0.3 is 14.9 Å². The second-order valence-electron chi connectivity index (χ2n) is 6.42. The highest BCUT2D eigenvalue weighted by Gasteiger charge is 2.22. The van der Waals surface area contributed by atoms with Gasteiger partial charge in [0.15, 0.2) is 5.13 Å². The van der Waals surface area contributed by atoms with Crippen LogP contribution in [-0.2, 0) is 0 Å². The third-order valence-corrected chi connectivity index (χ3v) is 5.66. The molecule has 0 radical (unpaired) electrons. The van der Waals surface area contributed by atoms with Crippen molar-refractivity contribution in [3.63, 3.8) is 0 Å². The number of carboxylic acid groups (broad SMARTS) is 1. The van der Waals surface area contributed by atoms with Gasteiger partial charge in [0.25, 0.3) is 0 Å². The number of hydrogen-bond donors (Lipinski definition) is 2. The Labute approximate surface area is 160 Å². The lowest BCUT2D eigenvalue weighted by atomic mass is 10.0. The van der Waals surface area contributed by atoms with Gasteiger partial charge in [0.05, 0.1) is 5.69 Å². The number of thiazole rings is 1. The molecule has 0 saturated carbocycles. The number of anilines is 3. The molecule has 0 amide bonds. The molecule has 0 aromatic carbocycles. The molecule has 140 valence electrons. The predicted octanol–water partition coefficient (Wildman–Crippen LogP) is 2.87. The van der Waals surface area contributed by atoms with E-state index < -0.39 is 5.97 Å². The number of nitrogens with zero attached hydrogens (tertiary/aromatic N) is 5. The van der Waals surface area contributed by atoms with Gasteiger partial charge in [0.2, 0.25) is 5.95 Å². The minimum absolute atomic E-state index is 0.195. The second kappa shape index (κ2) is 7.73. The molecule has 0 aliphatic carbocycles. The molecule has 3 heterocycles. The minimum atomic E-state index is -0.996. The van der Waals surface area contributed by atoms with Crippen LogP contribution in [0.3, 0.4) is 0 Å². The van der Waals surface area contributed by atoms with E-state index >= 15 is 0 Å². The summed E-state index contributed by atoms with van der Waals surface area (Å²) in [5.74, 6) is 0.0777. The average Bonchev–Trinajstić information content (AvgIpc) is 2.95. The van der Waals surface area contributed by atoms with Gasteiger partial charge in [-0.15, -0.1) is 0 Å². The molecule has 26 heavy (non-hydrogen) atoms. The summed E-state index contributed by atoms with van der Waals surface area (Å²) in [6.45, 7) is 3.45. The van der Waals surface area contributed by atoms with E-state index in [4.69, 9.17) is 16.7 Å². The van der Waals surface area contributed by atoms with Crippen LogP contribution in [0, 0.1) is 6.92 Å². The van der Waals surface area contributed by atoms with Crippen LogP contribution in [-0.4, -0.2) is 64.2 Å². The molecule has 2 N–H and O–H groups in total. The van der Waals surface area contributed by atoms with Crippen LogP contribution >= 0.6 is 22.9 Å². The molecular weight excluding hydrogens is 376 g/mol. The van der Waals surface area contributed by atoms with Crippen molar-refractivity contribution in [2.75, 3.05) is 37.4 Å². The van der Waals surface area contributed by atoms with Crippen molar-refractivity contribution in [1.29, 1.82) is 0 Å². The molecule has 2 aromatic rings. The number of aromatic nitrogens is 3. The lowest BCUT2D eigenvalue weighted by Gasteiger charge is -2.35. The van der Waals surface area contributed by atoms with Gasteiger partial charge in [-0.3, -0.25) is 5.32 Å². The Kier molecular flexibility index (Phi) is 5.59. The van der Waals surface area contributed by atoms with Crippen LogP contribution in [0.5, 0.6) is 0 Å². The van der Waals surface area contributed by atoms with Crippen LogP contribution in [0.25, 0.3) is 0 Å². The van der Waals surface area contributed by atoms with Crippen molar-refractivity contribution in [2.24, 2.45) is 0 Å². The van der Waals surface area contributed by atoms with Crippen molar-refractivity contribution in [3.05, 3.63) is 21.8 Å². The second-order valence-corrected chi connectivity index (χ2v) is 7.80. The average molecular weight is 397 g/mol. The topological polar surface area (TPSA) is 94.5 Å². The molecule has 8 nitrogen and oxygen atoms in total. The van der Waals surface area contributed by atoms with E-state index in [1.54, 1.807) is 13.0 Å². The van der Waals surface area contributed by atoms with Gasteiger partial charge in [-0.25, -0.2) is 14.8 Å². The molecule has 1 fully saturated rings. The van der Waals surface area contributed by atoms with Gasteiger partial charge in [-0.1, -0.05) is 22.9 Å². The zero-order valence-electron chi connectivity index (χ0n) is 14.9. The first-order valence-corrected chi connectivity index (χ1v) is 9.46. The summed E-state index contributed by atoms with van der Waals surface area (Å²) in [5.41, 5.74) is 0.456. The van der Waals surface area contributed by atoms with Crippen LogP contribution < -0.4 is 10.2 Å². The van der Waals surface area contributed by atoms with E-state index in [2.05, 4.69) is 44.2 Å². The van der Waals surface area contributed by atoms with E-state index in [-0.39, 0.29) is 4.88 Å². The molecule has 0 bridgehead atoms. The van der Waals surface area contributed by atoms with E-state index in [1.807, 2.05) is 0 Å². The lowest BCUT2D eigenvalue weighted by Crippen LogP contribution is -2.42. The number of rotatable bonds is 5. The molecule has 0 unspecified atom stereocenters. The lowest BCUT2D eigenvalue weighted by molar-refractivity contribution is 0.0701. The van der Waals surface area contributed by atoms with E-state index in [1.165, 1.54) is 0 Å². The van der Waals surface area contributed by atoms with Crippen molar-refractivity contribution >= 4 is 45.8 Å². The Balaban J connectivity index is 1.76. The van der Waals surface area contributed by atoms with Gasteiger partial charge in [-0.05, 0) is 33.9 Å². The number of hydrogen-bond acceptors (Lipinski definition) is 8. The number of carbonyl (C=O) groups is 1. The molecule has 1 aliphatic rings. The Hall–Kier alpha value is -1.97. The third kappa shape index (κ3) is 4.22. The third-order valence-electron chi connectivity index (χ3n) is 4.41. The Morgan fingerprint density at radius 2 is 2.04 bits per heavy atom. The number of carboxylic acids is 1. The maximum atomic E-state index is 11.2. The van der Waals surface area contributed by atoms with E-state index in [9.17, 15) is 4.79 Å². The summed E-state index contributed by atoms with van der Waals surface area (Å²) in [4.78, 5) is 28.7. The Bertz CT molecular complexity index is 804. The molecule has 1 aliphatic heterocycles. The first-order chi connectivity index (χ1) is 12.3. The summed E-state index contributed by atoms with van der Waals surface area (Å²) in [6, 6.07) is 2.33. The predicted molar refractivity (Wildman–Crippen MR) is 103 cm³/mol. The number of piperidine rings is 1.